The molecule has 0 N–H and O–H groups in total. The van der Waals surface area contributed by atoms with Crippen LogP contribution in [0.2, 0.25) is 0 Å². The molecule has 7 nitrogen and oxygen atoms in total. The number of thiazole rings is 1. The molecule has 0 saturated heterocycles. The van der Waals surface area contributed by atoms with Crippen molar-refractivity contribution in [2.45, 2.75) is 40.3 Å². The zero-order valence-corrected chi connectivity index (χ0v) is 28.4. The van der Waals surface area contributed by atoms with Gasteiger partial charge in [-0.1, -0.05) is 75.8 Å². The van der Waals surface area contributed by atoms with Crippen LogP contribution < -0.4 is 19.6 Å². The molecule has 2 aromatic heterocycles. The lowest BCUT2D eigenvalue weighted by molar-refractivity contribution is -0.127. The van der Waals surface area contributed by atoms with E-state index in [2.05, 4.69) is 63.8 Å². The first-order chi connectivity index (χ1) is 21.8. The maximum Gasteiger partial charge on any atom is 0.271 e. The maximum absolute atomic E-state index is 14.4. The van der Waals surface area contributed by atoms with Crippen LogP contribution in [-0.2, 0) is 11.3 Å². The molecule has 230 valence electrons. The Morgan fingerprint density at radius 2 is 1.71 bits per heavy atom. The average Bonchev–Trinajstić information content (AvgIpc) is 3.50. The summed E-state index contributed by atoms with van der Waals surface area (Å²) in [5, 5.41) is 1.08. The SMILES string of the molecule is CCN(CC)C(=O)C1=C(C)N=c2s/c(=C/c3c(C)n(Cc4ccc(Br)cc4)c4ccccc34)c(=O)n2[C@@H]1c1ccccc1OC. The second-order valence-corrected chi connectivity index (χ2v) is 13.0. The normalized spacial score (nSPS) is 14.9. The highest BCUT2D eigenvalue weighted by molar-refractivity contribution is 9.10. The monoisotopic (exact) mass is 682 g/mol. The number of rotatable bonds is 8. The van der Waals surface area contributed by atoms with Gasteiger partial charge in [-0.15, -0.1) is 0 Å². The van der Waals surface area contributed by atoms with E-state index in [-0.39, 0.29) is 11.5 Å². The first-order valence-corrected chi connectivity index (χ1v) is 16.6. The molecule has 9 heteroatoms. The van der Waals surface area contributed by atoms with E-state index in [4.69, 9.17) is 9.73 Å². The molecule has 0 fully saturated rings. The number of carbonyl (C=O) groups is 1. The number of para-hydroxylation sites is 2. The van der Waals surface area contributed by atoms with Gasteiger partial charge in [-0.05, 0) is 63.6 Å². The second-order valence-electron chi connectivity index (χ2n) is 11.0. The highest BCUT2D eigenvalue weighted by Gasteiger charge is 2.35. The van der Waals surface area contributed by atoms with Crippen LogP contribution >= 0.6 is 27.3 Å². The number of hydrogen-bond donors (Lipinski definition) is 0. The topological polar surface area (TPSA) is 68.8 Å². The molecule has 0 radical (unpaired) electrons. The molecule has 45 heavy (non-hydrogen) atoms. The molecule has 1 amide bonds. The van der Waals surface area contributed by atoms with Gasteiger partial charge in [0.05, 0.1) is 22.9 Å². The maximum atomic E-state index is 14.4. The molecule has 3 heterocycles. The van der Waals surface area contributed by atoms with Crippen LogP contribution in [0.4, 0.5) is 0 Å². The van der Waals surface area contributed by atoms with Crippen molar-refractivity contribution in [2.75, 3.05) is 20.2 Å². The van der Waals surface area contributed by atoms with E-state index >= 15 is 0 Å². The van der Waals surface area contributed by atoms with Gasteiger partial charge in [-0.3, -0.25) is 14.2 Å². The molecular formula is C36H35BrN4O3S. The molecule has 0 spiro atoms. The summed E-state index contributed by atoms with van der Waals surface area (Å²) < 4.78 is 11.3. The van der Waals surface area contributed by atoms with E-state index in [0.29, 0.717) is 46.0 Å². The van der Waals surface area contributed by atoms with Gasteiger partial charge in [0.2, 0.25) is 0 Å². The Bertz CT molecular complexity index is 2140. The van der Waals surface area contributed by atoms with E-state index in [1.807, 2.05) is 63.2 Å². The third-order valence-corrected chi connectivity index (χ3v) is 10.1. The van der Waals surface area contributed by atoms with E-state index < -0.39 is 6.04 Å². The van der Waals surface area contributed by atoms with Gasteiger partial charge >= 0.3 is 0 Å². The van der Waals surface area contributed by atoms with Crippen molar-refractivity contribution in [1.82, 2.24) is 14.0 Å². The van der Waals surface area contributed by atoms with E-state index in [9.17, 15) is 9.59 Å². The van der Waals surface area contributed by atoms with Gasteiger partial charge in [-0.25, -0.2) is 4.99 Å². The standard InChI is InChI=1S/C36H35BrN4O3S/c1-6-39(7-2)35(43)32-22(3)38-36-41(33(32)27-13-9-11-15-30(27)44-5)34(42)31(45-36)20-28-23(4)40(29-14-10-8-12-26(28)29)21-24-16-18-25(37)19-17-24/h8-20,33H,6-7,21H2,1-5H3/b31-20+/t33-/m1/s1. The number of likely N-dealkylation sites (N-methyl/N-ethyl adjacent to an activating group) is 1. The third kappa shape index (κ3) is 5.48. The van der Waals surface area contributed by atoms with Crippen LogP contribution in [-0.4, -0.2) is 40.1 Å². The van der Waals surface area contributed by atoms with Crippen LogP contribution in [0.25, 0.3) is 17.0 Å². The van der Waals surface area contributed by atoms with Gasteiger partial charge in [0.1, 0.15) is 11.8 Å². The predicted molar refractivity (Wildman–Crippen MR) is 185 cm³/mol. The number of nitrogens with zero attached hydrogens (tertiary/aromatic N) is 4. The van der Waals surface area contributed by atoms with E-state index in [0.717, 1.165) is 32.2 Å². The Hall–Kier alpha value is -4.21. The van der Waals surface area contributed by atoms with Crippen molar-refractivity contribution in [1.29, 1.82) is 0 Å². The Labute approximate surface area is 274 Å². The number of halogens is 1. The average molecular weight is 684 g/mol. The molecule has 3 aromatic carbocycles. The van der Waals surface area contributed by atoms with Crippen molar-refractivity contribution >= 4 is 50.2 Å². The Morgan fingerprint density at radius 1 is 1.02 bits per heavy atom. The van der Waals surface area contributed by atoms with Crippen LogP contribution in [0.5, 0.6) is 5.75 Å². The van der Waals surface area contributed by atoms with E-state index in [1.165, 1.54) is 16.9 Å². The zero-order valence-electron chi connectivity index (χ0n) is 26.0. The number of methoxy groups -OCH3 is 1. The molecule has 5 aromatic rings. The number of allylic oxidation sites excluding steroid dienone is 1. The Morgan fingerprint density at radius 3 is 2.42 bits per heavy atom. The van der Waals surface area contributed by atoms with Gasteiger partial charge in [-0.2, -0.15) is 0 Å². The molecule has 1 aliphatic rings. The fourth-order valence-electron chi connectivity index (χ4n) is 6.21. The molecule has 0 bridgehead atoms. The highest BCUT2D eigenvalue weighted by atomic mass is 79.9. The van der Waals surface area contributed by atoms with Crippen molar-refractivity contribution in [3.63, 3.8) is 0 Å². The number of amides is 1. The summed E-state index contributed by atoms with van der Waals surface area (Å²) in [5.74, 6) is 0.488. The summed E-state index contributed by atoms with van der Waals surface area (Å²) in [7, 11) is 1.61. The largest absolute Gasteiger partial charge is 0.496 e. The first-order valence-electron chi connectivity index (χ1n) is 15.0. The highest BCUT2D eigenvalue weighted by Crippen LogP contribution is 2.36. The van der Waals surface area contributed by atoms with Gasteiger partial charge in [0.25, 0.3) is 11.5 Å². The van der Waals surface area contributed by atoms with Crippen molar-refractivity contribution in [3.8, 4) is 5.75 Å². The number of hydrogen-bond acceptors (Lipinski definition) is 5. The summed E-state index contributed by atoms with van der Waals surface area (Å²) in [5.41, 5.74) is 6.02. The fourth-order valence-corrected chi connectivity index (χ4v) is 7.50. The summed E-state index contributed by atoms with van der Waals surface area (Å²) in [6.45, 7) is 9.69. The molecule has 0 unspecified atom stereocenters. The van der Waals surface area contributed by atoms with Gasteiger partial charge < -0.3 is 14.2 Å². The zero-order chi connectivity index (χ0) is 31.8. The minimum atomic E-state index is -0.674. The minimum absolute atomic E-state index is 0.127. The molecule has 0 saturated carbocycles. The third-order valence-electron chi connectivity index (χ3n) is 8.55. The van der Waals surface area contributed by atoms with Crippen molar-refractivity contribution in [3.05, 3.63) is 131 Å². The summed E-state index contributed by atoms with van der Waals surface area (Å²) >= 11 is 4.88. The van der Waals surface area contributed by atoms with Crippen molar-refractivity contribution in [2.24, 2.45) is 4.99 Å². The van der Waals surface area contributed by atoms with Crippen molar-refractivity contribution < 1.29 is 9.53 Å². The number of carbonyl (C=O) groups excluding carboxylic acids is 1. The van der Waals surface area contributed by atoms with Crippen LogP contribution in [0.15, 0.2) is 98.3 Å². The smallest absolute Gasteiger partial charge is 0.271 e. The molecule has 1 atom stereocenters. The first kappa shape index (κ1) is 30.8. The fraction of sp³-hybridized carbons (Fsp3) is 0.250. The lowest BCUT2D eigenvalue weighted by Crippen LogP contribution is -2.43. The second kappa shape index (κ2) is 12.7. The summed E-state index contributed by atoms with van der Waals surface area (Å²) in [6, 6.07) is 23.6. The molecule has 6 rings (SSSR count). The number of benzene rings is 3. The number of fused-ring (bicyclic) bond motifs is 2. The molecule has 1 aliphatic heterocycles. The van der Waals surface area contributed by atoms with Crippen LogP contribution in [0.3, 0.4) is 0 Å². The summed E-state index contributed by atoms with van der Waals surface area (Å²) in [4.78, 5) is 35.6. The van der Waals surface area contributed by atoms with E-state index in [1.54, 1.807) is 16.6 Å². The molecular weight excluding hydrogens is 648 g/mol. The minimum Gasteiger partial charge on any atom is -0.496 e. The lowest BCUT2D eigenvalue weighted by atomic mass is 9.94. The quantitative estimate of drug-likeness (QED) is 0.196. The lowest BCUT2D eigenvalue weighted by Gasteiger charge is -2.29. The molecule has 0 aliphatic carbocycles. The number of aromatic nitrogens is 2. The van der Waals surface area contributed by atoms with Crippen LogP contribution in [0.1, 0.15) is 49.2 Å². The number of ether oxygens (including phenoxy) is 1. The Kier molecular flexibility index (Phi) is 8.66. The summed E-state index contributed by atoms with van der Waals surface area (Å²) in [6.07, 6.45) is 1.99. The van der Waals surface area contributed by atoms with Gasteiger partial charge in [0, 0.05) is 51.8 Å². The van der Waals surface area contributed by atoms with Gasteiger partial charge in [0.15, 0.2) is 4.80 Å². The van der Waals surface area contributed by atoms with Crippen LogP contribution in [0, 0.1) is 6.92 Å². The Balaban J connectivity index is 1.56. The predicted octanol–water partition coefficient (Wildman–Crippen LogP) is 6.19.